The molecule has 5 heteroatoms. The van der Waals surface area contributed by atoms with Gasteiger partial charge < -0.3 is 10.4 Å². The highest BCUT2D eigenvalue weighted by Crippen LogP contribution is 2.11. The number of hydrogen-bond donors (Lipinski definition) is 2. The van der Waals surface area contributed by atoms with Crippen LogP contribution in [-0.2, 0) is 13.0 Å². The number of nitrogens with zero attached hydrogens (tertiary/aromatic N) is 2. The lowest BCUT2D eigenvalue weighted by Gasteiger charge is -2.08. The van der Waals surface area contributed by atoms with Gasteiger partial charge in [0.1, 0.15) is 5.82 Å². The Morgan fingerprint density at radius 2 is 2.16 bits per heavy atom. The van der Waals surface area contributed by atoms with Gasteiger partial charge in [0, 0.05) is 12.4 Å². The second-order valence-electron chi connectivity index (χ2n) is 4.05. The second-order valence-corrected chi connectivity index (χ2v) is 4.05. The predicted octanol–water partition coefficient (Wildman–Crippen LogP) is 2.35. The van der Waals surface area contributed by atoms with Crippen molar-refractivity contribution in [3.63, 3.8) is 0 Å². The van der Waals surface area contributed by atoms with Crippen molar-refractivity contribution in [2.75, 3.05) is 5.32 Å². The first-order valence-corrected chi connectivity index (χ1v) is 6.06. The number of aromatic carboxylic acids is 1. The molecule has 0 aromatic carbocycles. The third kappa shape index (κ3) is 3.28. The Kier molecular flexibility index (Phi) is 4.07. The van der Waals surface area contributed by atoms with E-state index in [0.717, 1.165) is 12.1 Å². The average Bonchev–Trinajstić information content (AvgIpc) is 2.45. The highest BCUT2D eigenvalue weighted by atomic mass is 16.4. The van der Waals surface area contributed by atoms with Crippen LogP contribution in [0.5, 0.6) is 0 Å². The fourth-order valence-electron chi connectivity index (χ4n) is 1.79. The van der Waals surface area contributed by atoms with E-state index in [9.17, 15) is 4.79 Å². The van der Waals surface area contributed by atoms with Crippen molar-refractivity contribution in [1.82, 2.24) is 9.97 Å². The van der Waals surface area contributed by atoms with Crippen LogP contribution in [0.2, 0.25) is 0 Å². The average molecular weight is 257 g/mol. The van der Waals surface area contributed by atoms with Crippen molar-refractivity contribution in [2.24, 2.45) is 0 Å². The van der Waals surface area contributed by atoms with Gasteiger partial charge in [-0.15, -0.1) is 0 Å². The summed E-state index contributed by atoms with van der Waals surface area (Å²) in [5.41, 5.74) is 2.34. The summed E-state index contributed by atoms with van der Waals surface area (Å²) in [6.07, 6.45) is 4.13. The molecule has 0 aliphatic rings. The largest absolute Gasteiger partial charge is 0.478 e. The van der Waals surface area contributed by atoms with Gasteiger partial charge in [0.25, 0.3) is 0 Å². The molecule has 0 saturated carbocycles. The van der Waals surface area contributed by atoms with Crippen molar-refractivity contribution in [3.05, 3.63) is 53.5 Å². The molecule has 2 heterocycles. The molecule has 0 saturated heterocycles. The summed E-state index contributed by atoms with van der Waals surface area (Å²) in [6, 6.07) is 6.92. The monoisotopic (exact) mass is 257 g/mol. The number of carboxylic acid groups (broad SMARTS) is 1. The number of aryl methyl sites for hydroxylation is 1. The number of carboxylic acids is 1. The normalized spacial score (nSPS) is 10.2. The zero-order chi connectivity index (χ0) is 13.7. The molecule has 2 aromatic heterocycles. The molecular weight excluding hydrogens is 242 g/mol. The summed E-state index contributed by atoms with van der Waals surface area (Å²) < 4.78 is 0. The van der Waals surface area contributed by atoms with Gasteiger partial charge >= 0.3 is 5.97 Å². The molecule has 19 heavy (non-hydrogen) atoms. The molecule has 2 aromatic rings. The number of nitrogens with one attached hydrogen (secondary N) is 1. The highest BCUT2D eigenvalue weighted by molar-refractivity contribution is 5.88. The van der Waals surface area contributed by atoms with E-state index >= 15 is 0 Å². The second kappa shape index (κ2) is 5.95. The number of pyridine rings is 2. The minimum atomic E-state index is -0.961. The minimum Gasteiger partial charge on any atom is -0.478 e. The Morgan fingerprint density at radius 3 is 2.89 bits per heavy atom. The molecule has 2 N–H and O–H groups in total. The van der Waals surface area contributed by atoms with Crippen LogP contribution in [0.1, 0.15) is 28.5 Å². The number of anilines is 1. The first-order chi connectivity index (χ1) is 9.20. The summed E-state index contributed by atoms with van der Waals surface area (Å²) in [5.74, 6) is -0.426. The van der Waals surface area contributed by atoms with Gasteiger partial charge in [-0.1, -0.05) is 13.0 Å². The number of hydrogen-bond acceptors (Lipinski definition) is 4. The van der Waals surface area contributed by atoms with E-state index in [0.29, 0.717) is 12.4 Å². The van der Waals surface area contributed by atoms with E-state index in [-0.39, 0.29) is 5.56 Å². The maximum Gasteiger partial charge on any atom is 0.335 e. The standard InChI is InChI=1S/C14H15N3O2/c1-2-10-4-3-6-15-12(10)9-17-13-8-11(14(18)19)5-7-16-13/h3-8H,2,9H2,1H3,(H,16,17)(H,18,19). The van der Waals surface area contributed by atoms with Crippen LogP contribution >= 0.6 is 0 Å². The van der Waals surface area contributed by atoms with Gasteiger partial charge in [-0.3, -0.25) is 4.98 Å². The van der Waals surface area contributed by atoms with E-state index in [2.05, 4.69) is 22.2 Å². The Hall–Kier alpha value is -2.43. The first kappa shape index (κ1) is 13.0. The van der Waals surface area contributed by atoms with Crippen LogP contribution in [0.15, 0.2) is 36.7 Å². The Bertz CT molecular complexity index is 584. The molecule has 0 aliphatic carbocycles. The molecule has 0 unspecified atom stereocenters. The fraction of sp³-hybridized carbons (Fsp3) is 0.214. The topological polar surface area (TPSA) is 75.1 Å². The van der Waals surface area contributed by atoms with Crippen LogP contribution in [0.3, 0.4) is 0 Å². The van der Waals surface area contributed by atoms with Gasteiger partial charge in [-0.05, 0) is 30.2 Å². The van der Waals surface area contributed by atoms with E-state index in [4.69, 9.17) is 5.11 Å². The first-order valence-electron chi connectivity index (χ1n) is 6.06. The summed E-state index contributed by atoms with van der Waals surface area (Å²) in [5, 5.41) is 12.0. The summed E-state index contributed by atoms with van der Waals surface area (Å²) in [4.78, 5) is 19.3. The molecule has 0 radical (unpaired) electrons. The zero-order valence-corrected chi connectivity index (χ0v) is 10.6. The summed E-state index contributed by atoms with van der Waals surface area (Å²) in [6.45, 7) is 2.60. The molecule has 0 fully saturated rings. The molecule has 0 bridgehead atoms. The lowest BCUT2D eigenvalue weighted by Crippen LogP contribution is -2.07. The molecule has 0 atom stereocenters. The van der Waals surface area contributed by atoms with Crippen molar-refractivity contribution < 1.29 is 9.90 Å². The van der Waals surface area contributed by atoms with Crippen molar-refractivity contribution in [1.29, 1.82) is 0 Å². The maximum absolute atomic E-state index is 10.9. The molecular formula is C14H15N3O2. The smallest absolute Gasteiger partial charge is 0.335 e. The minimum absolute atomic E-state index is 0.217. The number of carbonyl (C=O) groups is 1. The lowest BCUT2D eigenvalue weighted by atomic mass is 10.1. The molecule has 98 valence electrons. The van der Waals surface area contributed by atoms with E-state index < -0.39 is 5.97 Å². The molecule has 0 amide bonds. The lowest BCUT2D eigenvalue weighted by molar-refractivity contribution is 0.0697. The summed E-state index contributed by atoms with van der Waals surface area (Å²) >= 11 is 0. The third-order valence-corrected chi connectivity index (χ3v) is 2.81. The van der Waals surface area contributed by atoms with Crippen LogP contribution in [-0.4, -0.2) is 21.0 Å². The van der Waals surface area contributed by atoms with Gasteiger partial charge in [0.15, 0.2) is 0 Å². The van der Waals surface area contributed by atoms with Gasteiger partial charge in [-0.25, -0.2) is 9.78 Å². The fourth-order valence-corrected chi connectivity index (χ4v) is 1.79. The van der Waals surface area contributed by atoms with Gasteiger partial charge in [0.05, 0.1) is 17.8 Å². The zero-order valence-electron chi connectivity index (χ0n) is 10.6. The van der Waals surface area contributed by atoms with Crippen LogP contribution in [0.4, 0.5) is 5.82 Å². The molecule has 0 aliphatic heterocycles. The number of rotatable bonds is 5. The SMILES string of the molecule is CCc1cccnc1CNc1cc(C(=O)O)ccn1. The Morgan fingerprint density at radius 1 is 1.32 bits per heavy atom. The van der Waals surface area contributed by atoms with Gasteiger partial charge in [0.2, 0.25) is 0 Å². The molecule has 0 spiro atoms. The van der Waals surface area contributed by atoms with E-state index in [1.54, 1.807) is 6.20 Å². The predicted molar refractivity (Wildman–Crippen MR) is 72.1 cm³/mol. The Balaban J connectivity index is 2.10. The number of aromatic nitrogens is 2. The van der Waals surface area contributed by atoms with E-state index in [1.165, 1.54) is 23.9 Å². The summed E-state index contributed by atoms with van der Waals surface area (Å²) in [7, 11) is 0. The van der Waals surface area contributed by atoms with Crippen LogP contribution in [0.25, 0.3) is 0 Å². The molecule has 2 rings (SSSR count). The highest BCUT2D eigenvalue weighted by Gasteiger charge is 2.05. The van der Waals surface area contributed by atoms with Crippen molar-refractivity contribution in [2.45, 2.75) is 19.9 Å². The maximum atomic E-state index is 10.9. The molecule has 5 nitrogen and oxygen atoms in total. The quantitative estimate of drug-likeness (QED) is 0.860. The third-order valence-electron chi connectivity index (χ3n) is 2.81. The van der Waals surface area contributed by atoms with Crippen LogP contribution < -0.4 is 5.32 Å². The van der Waals surface area contributed by atoms with Crippen LogP contribution in [0, 0.1) is 0 Å². The Labute approximate surface area is 111 Å². The van der Waals surface area contributed by atoms with Gasteiger partial charge in [-0.2, -0.15) is 0 Å². The van der Waals surface area contributed by atoms with E-state index in [1.807, 2.05) is 12.1 Å². The van der Waals surface area contributed by atoms with Crippen molar-refractivity contribution >= 4 is 11.8 Å². The van der Waals surface area contributed by atoms with Crippen molar-refractivity contribution in [3.8, 4) is 0 Å².